The Bertz CT molecular complexity index is 712. The summed E-state index contributed by atoms with van der Waals surface area (Å²) in [4.78, 5) is 12.7. The van der Waals surface area contributed by atoms with E-state index in [2.05, 4.69) is 20.7 Å². The minimum Gasteiger partial charge on any atom is -0.374 e. The molecule has 2 aliphatic heterocycles. The normalized spacial score (nSPS) is 26.6. The van der Waals surface area contributed by atoms with E-state index in [-0.39, 0.29) is 17.6 Å². The molecule has 0 saturated carbocycles. The average molecular weight is 344 g/mol. The Morgan fingerprint density at radius 2 is 2.21 bits per heavy atom. The van der Waals surface area contributed by atoms with Crippen LogP contribution in [-0.4, -0.2) is 51.1 Å². The van der Waals surface area contributed by atoms with E-state index < -0.39 is 0 Å². The second-order valence-electron chi connectivity index (χ2n) is 6.38. The fourth-order valence-electron chi connectivity index (χ4n) is 3.45. The number of hydrogen-bond donors (Lipinski definition) is 2. The number of benzene rings is 1. The van der Waals surface area contributed by atoms with Gasteiger partial charge in [0.15, 0.2) is 5.69 Å². The number of rotatable bonds is 3. The number of nitrogens with zero attached hydrogens (tertiary/aromatic N) is 2. The van der Waals surface area contributed by atoms with Gasteiger partial charge in [-0.15, -0.1) is 0 Å². The predicted octanol–water partition coefficient (Wildman–Crippen LogP) is 2.26. The maximum atomic E-state index is 12.7. The van der Waals surface area contributed by atoms with E-state index >= 15 is 0 Å². The van der Waals surface area contributed by atoms with E-state index in [1.807, 2.05) is 42.1 Å². The third-order valence-corrected chi connectivity index (χ3v) is 5.93. The molecule has 2 aromatic rings. The number of hydrogen-bond acceptors (Lipinski definition) is 5. The lowest BCUT2D eigenvalue weighted by molar-refractivity contribution is -0.0688. The minimum absolute atomic E-state index is 0.0487. The molecule has 2 N–H and O–H groups in total. The van der Waals surface area contributed by atoms with Gasteiger partial charge in [0.1, 0.15) is 5.69 Å². The first-order valence-electron chi connectivity index (χ1n) is 8.25. The van der Waals surface area contributed by atoms with Crippen LogP contribution >= 0.6 is 11.8 Å². The quantitative estimate of drug-likeness (QED) is 0.893. The molecule has 2 atom stereocenters. The highest BCUT2D eigenvalue weighted by Crippen LogP contribution is 2.38. The molecular weight excluding hydrogens is 324 g/mol. The zero-order valence-corrected chi connectivity index (χ0v) is 14.1. The van der Waals surface area contributed by atoms with Gasteiger partial charge < -0.3 is 10.1 Å². The first-order chi connectivity index (χ1) is 11.8. The lowest BCUT2D eigenvalue weighted by Gasteiger charge is -2.37. The van der Waals surface area contributed by atoms with Gasteiger partial charge in [-0.25, -0.2) is 0 Å². The van der Waals surface area contributed by atoms with E-state index in [9.17, 15) is 4.79 Å². The third-order valence-electron chi connectivity index (χ3n) is 4.71. The van der Waals surface area contributed by atoms with Crippen LogP contribution in [0.5, 0.6) is 0 Å². The number of thioether (sulfide) groups is 1. The topological polar surface area (TPSA) is 79.9 Å². The zero-order chi connectivity index (χ0) is 16.4. The zero-order valence-electron chi connectivity index (χ0n) is 13.3. The molecule has 2 aliphatic rings. The minimum atomic E-state index is -0.171. The SMILES string of the molecule is O=C(NC1CCOC2(CCSC2)C1)c1n[nH]nc1-c1ccccc1. The standard InChI is InChI=1S/C17H20N4O2S/c22-16(15-14(19-21-20-15)12-4-2-1-3-5-12)18-13-6-8-23-17(10-13)7-9-24-11-17/h1-5,13H,6-11H2,(H,18,22)(H,19,20,21). The van der Waals surface area contributed by atoms with Gasteiger partial charge in [0.2, 0.25) is 0 Å². The Labute approximate surface area is 144 Å². The molecule has 1 amide bonds. The lowest BCUT2D eigenvalue weighted by atomic mass is 9.90. The summed E-state index contributed by atoms with van der Waals surface area (Å²) in [5.74, 6) is 2.00. The van der Waals surface area contributed by atoms with Crippen LogP contribution in [0.2, 0.25) is 0 Å². The molecule has 24 heavy (non-hydrogen) atoms. The van der Waals surface area contributed by atoms with Gasteiger partial charge in [0, 0.05) is 24.0 Å². The Morgan fingerprint density at radius 1 is 1.33 bits per heavy atom. The smallest absolute Gasteiger partial charge is 0.274 e. The molecule has 2 saturated heterocycles. The molecule has 1 spiro atoms. The van der Waals surface area contributed by atoms with Crippen molar-refractivity contribution in [3.63, 3.8) is 0 Å². The van der Waals surface area contributed by atoms with E-state index in [1.54, 1.807) is 0 Å². The molecule has 2 unspecified atom stereocenters. The summed E-state index contributed by atoms with van der Waals surface area (Å²) in [5, 5.41) is 13.9. The molecule has 2 fully saturated rings. The van der Waals surface area contributed by atoms with Crippen LogP contribution in [-0.2, 0) is 4.74 Å². The monoisotopic (exact) mass is 344 g/mol. The summed E-state index contributed by atoms with van der Waals surface area (Å²) in [6.45, 7) is 0.704. The Balaban J connectivity index is 1.48. The predicted molar refractivity (Wildman–Crippen MR) is 92.9 cm³/mol. The van der Waals surface area contributed by atoms with Gasteiger partial charge in [-0.1, -0.05) is 30.3 Å². The number of H-pyrrole nitrogens is 1. The van der Waals surface area contributed by atoms with Gasteiger partial charge in [-0.3, -0.25) is 4.79 Å². The molecule has 7 heteroatoms. The summed E-state index contributed by atoms with van der Waals surface area (Å²) >= 11 is 1.93. The Morgan fingerprint density at radius 3 is 3.00 bits per heavy atom. The van der Waals surface area contributed by atoms with Crippen molar-refractivity contribution in [1.29, 1.82) is 0 Å². The second kappa shape index (κ2) is 6.57. The van der Waals surface area contributed by atoms with Gasteiger partial charge in [-0.05, 0) is 25.0 Å². The van der Waals surface area contributed by atoms with Crippen molar-refractivity contribution < 1.29 is 9.53 Å². The van der Waals surface area contributed by atoms with Crippen molar-refractivity contribution >= 4 is 17.7 Å². The van der Waals surface area contributed by atoms with Crippen LogP contribution in [0.25, 0.3) is 11.3 Å². The maximum absolute atomic E-state index is 12.7. The first-order valence-corrected chi connectivity index (χ1v) is 9.40. The van der Waals surface area contributed by atoms with E-state index in [1.165, 1.54) is 0 Å². The van der Waals surface area contributed by atoms with Crippen LogP contribution in [0.3, 0.4) is 0 Å². The van der Waals surface area contributed by atoms with Gasteiger partial charge in [0.25, 0.3) is 5.91 Å². The molecule has 126 valence electrons. The van der Waals surface area contributed by atoms with E-state index in [0.29, 0.717) is 18.0 Å². The summed E-state index contributed by atoms with van der Waals surface area (Å²) in [6, 6.07) is 9.76. The van der Waals surface area contributed by atoms with Gasteiger partial charge in [-0.2, -0.15) is 27.2 Å². The van der Waals surface area contributed by atoms with Crippen molar-refractivity contribution in [1.82, 2.24) is 20.7 Å². The van der Waals surface area contributed by atoms with Crippen LogP contribution in [0.1, 0.15) is 29.8 Å². The highest BCUT2D eigenvalue weighted by atomic mass is 32.2. The van der Waals surface area contributed by atoms with Gasteiger partial charge in [0.05, 0.1) is 5.60 Å². The van der Waals surface area contributed by atoms with E-state index in [4.69, 9.17) is 4.74 Å². The Kier molecular flexibility index (Phi) is 4.28. The molecule has 1 aromatic carbocycles. The molecule has 3 heterocycles. The van der Waals surface area contributed by atoms with Crippen molar-refractivity contribution in [2.24, 2.45) is 0 Å². The Hall–Kier alpha value is -1.86. The molecule has 4 rings (SSSR count). The van der Waals surface area contributed by atoms with Crippen molar-refractivity contribution in [2.45, 2.75) is 30.9 Å². The van der Waals surface area contributed by atoms with Crippen LogP contribution in [0.15, 0.2) is 30.3 Å². The number of nitrogens with one attached hydrogen (secondary N) is 2. The molecule has 0 aliphatic carbocycles. The van der Waals surface area contributed by atoms with Crippen LogP contribution in [0, 0.1) is 0 Å². The van der Waals surface area contributed by atoms with Crippen molar-refractivity contribution in [2.75, 3.05) is 18.1 Å². The van der Waals surface area contributed by atoms with Gasteiger partial charge >= 0.3 is 0 Å². The fraction of sp³-hybridized carbons (Fsp3) is 0.471. The second-order valence-corrected chi connectivity index (χ2v) is 7.49. The number of aromatic amines is 1. The maximum Gasteiger partial charge on any atom is 0.274 e. The number of amides is 1. The number of carbonyl (C=O) groups is 1. The third kappa shape index (κ3) is 3.06. The molecule has 6 nitrogen and oxygen atoms in total. The molecular formula is C17H20N4O2S. The number of ether oxygens (including phenoxy) is 1. The number of carbonyl (C=O) groups excluding carboxylic acids is 1. The highest BCUT2D eigenvalue weighted by Gasteiger charge is 2.41. The molecule has 0 radical (unpaired) electrons. The summed E-state index contributed by atoms with van der Waals surface area (Å²) in [7, 11) is 0. The summed E-state index contributed by atoms with van der Waals surface area (Å²) < 4.78 is 6.02. The largest absolute Gasteiger partial charge is 0.374 e. The molecule has 1 aromatic heterocycles. The summed E-state index contributed by atoms with van der Waals surface area (Å²) in [5.41, 5.74) is 1.77. The summed E-state index contributed by atoms with van der Waals surface area (Å²) in [6.07, 6.45) is 2.80. The average Bonchev–Trinajstić information content (AvgIpc) is 3.26. The fourth-order valence-corrected chi connectivity index (χ4v) is 4.83. The highest BCUT2D eigenvalue weighted by molar-refractivity contribution is 7.99. The first kappa shape index (κ1) is 15.7. The van der Waals surface area contributed by atoms with Crippen molar-refractivity contribution in [3.05, 3.63) is 36.0 Å². The van der Waals surface area contributed by atoms with Crippen LogP contribution < -0.4 is 5.32 Å². The molecule has 0 bridgehead atoms. The van der Waals surface area contributed by atoms with Crippen LogP contribution in [0.4, 0.5) is 0 Å². The lowest BCUT2D eigenvalue weighted by Crippen LogP contribution is -2.48. The number of aromatic nitrogens is 3. The van der Waals surface area contributed by atoms with Crippen molar-refractivity contribution in [3.8, 4) is 11.3 Å². The van der Waals surface area contributed by atoms with E-state index in [0.717, 1.165) is 36.3 Å².